The number of benzene rings is 2. The molecular weight excluding hydrogens is 350 g/mol. The number of rotatable bonds is 5. The van der Waals surface area contributed by atoms with Crippen LogP contribution in [0.15, 0.2) is 48.0 Å². The third-order valence-corrected chi connectivity index (χ3v) is 4.68. The normalized spacial score (nSPS) is 10.7. The van der Waals surface area contributed by atoms with Crippen molar-refractivity contribution >= 4 is 28.4 Å². The molecule has 5 nitrogen and oxygen atoms in total. The molecule has 5 heteroatoms. The smallest absolute Gasteiger partial charge is 0.248 e. The first-order valence-corrected chi connectivity index (χ1v) is 9.21. The Morgan fingerprint density at radius 2 is 1.86 bits per heavy atom. The number of anilines is 1. The first-order chi connectivity index (χ1) is 13.3. The van der Waals surface area contributed by atoms with Gasteiger partial charge in [0.15, 0.2) is 0 Å². The number of aromatic nitrogens is 1. The quantitative estimate of drug-likeness (QED) is 0.578. The van der Waals surface area contributed by atoms with E-state index in [4.69, 9.17) is 5.73 Å². The van der Waals surface area contributed by atoms with Gasteiger partial charge in [0, 0.05) is 28.4 Å². The third kappa shape index (κ3) is 3.98. The van der Waals surface area contributed by atoms with Crippen molar-refractivity contribution in [2.24, 2.45) is 5.73 Å². The molecule has 4 N–H and O–H groups in total. The zero-order chi connectivity index (χ0) is 20.4. The summed E-state index contributed by atoms with van der Waals surface area (Å²) in [6.07, 6.45) is 1.77. The molecule has 0 unspecified atom stereocenters. The summed E-state index contributed by atoms with van der Waals surface area (Å²) in [5, 5.41) is 3.99. The molecule has 144 valence electrons. The number of H-pyrrole nitrogens is 1. The Morgan fingerprint density at radius 1 is 1.11 bits per heavy atom. The molecule has 0 saturated heterocycles. The Balaban J connectivity index is 2.11. The number of fused-ring (bicyclic) bond motifs is 1. The van der Waals surface area contributed by atoms with Crippen LogP contribution < -0.4 is 11.1 Å². The second-order valence-electron chi connectivity index (χ2n) is 7.35. The number of aryl methyl sites for hydroxylation is 1. The highest BCUT2D eigenvalue weighted by Crippen LogP contribution is 2.35. The van der Waals surface area contributed by atoms with Gasteiger partial charge in [-0.15, -0.1) is 0 Å². The average molecular weight is 375 g/mol. The van der Waals surface area contributed by atoms with Crippen molar-refractivity contribution in [2.75, 3.05) is 5.32 Å². The lowest BCUT2D eigenvalue weighted by atomic mass is 9.94. The van der Waals surface area contributed by atoms with E-state index in [0.717, 1.165) is 50.1 Å². The lowest BCUT2D eigenvalue weighted by Crippen LogP contribution is -2.14. The Morgan fingerprint density at radius 3 is 2.54 bits per heavy atom. The van der Waals surface area contributed by atoms with Gasteiger partial charge in [-0.2, -0.15) is 0 Å². The Bertz CT molecular complexity index is 1100. The maximum absolute atomic E-state index is 12.1. The van der Waals surface area contributed by atoms with Crippen LogP contribution in [0.1, 0.15) is 30.7 Å². The van der Waals surface area contributed by atoms with E-state index in [1.165, 1.54) is 0 Å². The van der Waals surface area contributed by atoms with Gasteiger partial charge in [-0.3, -0.25) is 9.59 Å². The van der Waals surface area contributed by atoms with E-state index in [0.29, 0.717) is 0 Å². The molecule has 0 saturated carbocycles. The van der Waals surface area contributed by atoms with Crippen LogP contribution in [0.2, 0.25) is 0 Å². The van der Waals surface area contributed by atoms with Gasteiger partial charge in [0.2, 0.25) is 11.8 Å². The van der Waals surface area contributed by atoms with E-state index in [2.05, 4.69) is 16.4 Å². The minimum atomic E-state index is -0.360. The molecule has 3 aromatic rings. The number of nitrogens with one attached hydrogen (secondary N) is 2. The summed E-state index contributed by atoms with van der Waals surface area (Å²) in [6, 6.07) is 11.9. The average Bonchev–Trinajstić information content (AvgIpc) is 2.98. The monoisotopic (exact) mass is 375 g/mol. The van der Waals surface area contributed by atoms with Crippen molar-refractivity contribution < 1.29 is 9.59 Å². The van der Waals surface area contributed by atoms with E-state index in [1.54, 1.807) is 6.08 Å². The molecule has 3 rings (SSSR count). The van der Waals surface area contributed by atoms with Gasteiger partial charge in [-0.1, -0.05) is 29.8 Å². The molecule has 28 heavy (non-hydrogen) atoms. The van der Waals surface area contributed by atoms with Gasteiger partial charge >= 0.3 is 0 Å². The van der Waals surface area contributed by atoms with Crippen LogP contribution in [0.5, 0.6) is 0 Å². The van der Waals surface area contributed by atoms with Crippen LogP contribution in [-0.2, 0) is 16.0 Å². The van der Waals surface area contributed by atoms with Gasteiger partial charge in [-0.05, 0) is 62.1 Å². The number of hydrogen-bond donors (Lipinski definition) is 3. The molecular formula is C23H25N3O2. The molecule has 0 spiro atoms. The molecule has 0 aliphatic carbocycles. The van der Waals surface area contributed by atoms with Gasteiger partial charge in [0.05, 0.1) is 6.42 Å². The van der Waals surface area contributed by atoms with Crippen LogP contribution in [0.25, 0.3) is 22.0 Å². The van der Waals surface area contributed by atoms with Crippen LogP contribution in [0, 0.1) is 13.8 Å². The first kappa shape index (κ1) is 19.4. The maximum Gasteiger partial charge on any atom is 0.248 e. The fraction of sp³-hybridized carbons (Fsp3) is 0.217. The van der Waals surface area contributed by atoms with Gasteiger partial charge in [0.25, 0.3) is 0 Å². The van der Waals surface area contributed by atoms with E-state index < -0.39 is 0 Å². The Kier molecular flexibility index (Phi) is 5.36. The highest BCUT2D eigenvalue weighted by Gasteiger charge is 2.15. The summed E-state index contributed by atoms with van der Waals surface area (Å²) in [6.45, 7) is 7.76. The van der Waals surface area contributed by atoms with Gasteiger partial charge in [-0.25, -0.2) is 0 Å². The highest BCUT2D eigenvalue weighted by molar-refractivity contribution is 6.03. The molecule has 2 aromatic carbocycles. The van der Waals surface area contributed by atoms with Crippen molar-refractivity contribution in [1.82, 2.24) is 4.98 Å². The number of hydrogen-bond acceptors (Lipinski definition) is 2. The van der Waals surface area contributed by atoms with E-state index in [1.807, 2.05) is 58.0 Å². The fourth-order valence-electron chi connectivity index (χ4n) is 3.48. The van der Waals surface area contributed by atoms with E-state index >= 15 is 0 Å². The maximum atomic E-state index is 12.1. The molecule has 1 aromatic heterocycles. The standard InChI is InChI=1S/C23H25N3O2/c1-13(2)10-22(28)26-20-7-5-6-17(15(20)4)18-9-8-16(12-21(24)27)23-19(18)11-14(3)25-23/h5-11,25H,12H2,1-4H3,(H2,24,27)(H,26,28). The summed E-state index contributed by atoms with van der Waals surface area (Å²) in [5.74, 6) is -0.499. The fourth-order valence-corrected chi connectivity index (χ4v) is 3.48. The van der Waals surface area contributed by atoms with Crippen molar-refractivity contribution in [3.05, 3.63) is 64.9 Å². The van der Waals surface area contributed by atoms with Gasteiger partial charge in [0.1, 0.15) is 0 Å². The lowest BCUT2D eigenvalue weighted by Gasteiger charge is -2.14. The molecule has 0 aliphatic rings. The summed E-state index contributed by atoms with van der Waals surface area (Å²) >= 11 is 0. The highest BCUT2D eigenvalue weighted by atomic mass is 16.1. The predicted octanol–water partition coefficient (Wildman–Crippen LogP) is 4.38. The molecule has 2 amide bonds. The summed E-state index contributed by atoms with van der Waals surface area (Å²) in [4.78, 5) is 26.9. The zero-order valence-electron chi connectivity index (χ0n) is 16.6. The number of allylic oxidation sites excluding steroid dienone is 1. The number of carbonyl (C=O) groups excluding carboxylic acids is 2. The predicted molar refractivity (Wildman–Crippen MR) is 114 cm³/mol. The van der Waals surface area contributed by atoms with Crippen LogP contribution >= 0.6 is 0 Å². The SMILES string of the molecule is CC(C)=CC(=O)Nc1cccc(-c2ccc(CC(N)=O)c3[nH]c(C)cc23)c1C. The lowest BCUT2D eigenvalue weighted by molar-refractivity contribution is -0.117. The molecule has 0 radical (unpaired) electrons. The molecule has 1 heterocycles. The Labute approximate surface area is 164 Å². The first-order valence-electron chi connectivity index (χ1n) is 9.21. The third-order valence-electron chi connectivity index (χ3n) is 4.68. The number of nitrogens with two attached hydrogens (primary N) is 1. The number of carbonyl (C=O) groups is 2. The van der Waals surface area contributed by atoms with Crippen LogP contribution in [0.4, 0.5) is 5.69 Å². The second kappa shape index (κ2) is 7.72. The molecule has 0 aliphatic heterocycles. The largest absolute Gasteiger partial charge is 0.369 e. The number of primary amides is 1. The number of aromatic amines is 1. The summed E-state index contributed by atoms with van der Waals surface area (Å²) in [5.41, 5.74) is 13.0. The zero-order valence-corrected chi connectivity index (χ0v) is 16.6. The molecule has 0 bridgehead atoms. The van der Waals surface area contributed by atoms with Crippen molar-refractivity contribution in [1.29, 1.82) is 0 Å². The number of amides is 2. The Hall–Kier alpha value is -3.34. The van der Waals surface area contributed by atoms with Crippen LogP contribution in [0.3, 0.4) is 0 Å². The van der Waals surface area contributed by atoms with Crippen LogP contribution in [-0.4, -0.2) is 16.8 Å². The minimum absolute atomic E-state index is 0.139. The van der Waals surface area contributed by atoms with E-state index in [9.17, 15) is 9.59 Å². The molecule has 0 fully saturated rings. The summed E-state index contributed by atoms with van der Waals surface area (Å²) in [7, 11) is 0. The minimum Gasteiger partial charge on any atom is -0.369 e. The summed E-state index contributed by atoms with van der Waals surface area (Å²) < 4.78 is 0. The van der Waals surface area contributed by atoms with Crippen molar-refractivity contribution in [3.8, 4) is 11.1 Å². The van der Waals surface area contributed by atoms with Crippen molar-refractivity contribution in [3.63, 3.8) is 0 Å². The second-order valence-corrected chi connectivity index (χ2v) is 7.35. The molecule has 0 atom stereocenters. The van der Waals surface area contributed by atoms with Gasteiger partial charge < -0.3 is 16.0 Å². The van der Waals surface area contributed by atoms with Crippen molar-refractivity contribution in [2.45, 2.75) is 34.1 Å². The van der Waals surface area contributed by atoms with E-state index in [-0.39, 0.29) is 18.2 Å². The topological polar surface area (TPSA) is 88.0 Å².